The lowest BCUT2D eigenvalue weighted by atomic mass is 10.0. The van der Waals surface area contributed by atoms with E-state index in [0.717, 1.165) is 0 Å². The number of aromatic hydroxyl groups is 1. The van der Waals surface area contributed by atoms with E-state index >= 15 is 0 Å². The Hall–Kier alpha value is -0.840. The maximum absolute atomic E-state index is 12.8. The Morgan fingerprint density at radius 3 is 2.67 bits per heavy atom. The summed E-state index contributed by atoms with van der Waals surface area (Å²) in [6.07, 6.45) is 1.06. The van der Waals surface area contributed by atoms with Crippen LogP contribution >= 0.6 is 12.4 Å². The van der Waals surface area contributed by atoms with Gasteiger partial charge in [0, 0.05) is 18.2 Å². The first kappa shape index (κ1) is 14.2. The van der Waals surface area contributed by atoms with E-state index in [1.165, 1.54) is 18.2 Å². The quantitative estimate of drug-likeness (QED) is 0.745. The molecule has 3 nitrogen and oxygen atoms in total. The van der Waals surface area contributed by atoms with Gasteiger partial charge in [0.05, 0.1) is 0 Å². The van der Waals surface area contributed by atoms with Gasteiger partial charge in [-0.25, -0.2) is 4.39 Å². The fraction of sp³-hybridized carbons (Fsp3) is 0.400. The van der Waals surface area contributed by atoms with Crippen molar-refractivity contribution in [1.29, 1.82) is 0 Å². The van der Waals surface area contributed by atoms with Crippen LogP contribution in [0.15, 0.2) is 18.2 Å². The van der Waals surface area contributed by atoms with Crippen LogP contribution in [0.1, 0.15) is 24.4 Å². The summed E-state index contributed by atoms with van der Waals surface area (Å²) in [6, 6.07) is 3.25. The summed E-state index contributed by atoms with van der Waals surface area (Å²) in [4.78, 5) is 0. The average Bonchev–Trinajstić information content (AvgIpc) is 2.18. The predicted molar refractivity (Wildman–Crippen MR) is 58.6 cm³/mol. The SMILES string of the molecule is Cl.N[C@@H](CCCO)c1cc(F)ccc1O. The first-order chi connectivity index (χ1) is 6.65. The number of rotatable bonds is 4. The van der Waals surface area contributed by atoms with Gasteiger partial charge in [-0.15, -0.1) is 12.4 Å². The summed E-state index contributed by atoms with van der Waals surface area (Å²) in [6.45, 7) is 0.0454. The molecule has 5 heteroatoms. The summed E-state index contributed by atoms with van der Waals surface area (Å²) in [5, 5.41) is 18.0. The summed E-state index contributed by atoms with van der Waals surface area (Å²) < 4.78 is 12.8. The fourth-order valence-corrected chi connectivity index (χ4v) is 1.29. The standard InChI is InChI=1S/C10H14FNO2.ClH/c11-7-3-4-10(14)8(6-7)9(12)2-1-5-13;/h3-4,6,9,13-14H,1-2,5,12H2;1H/t9-;/m0./s1. The molecule has 4 N–H and O–H groups in total. The number of nitrogens with two attached hydrogens (primary N) is 1. The van der Waals surface area contributed by atoms with Gasteiger partial charge in [0.25, 0.3) is 0 Å². The second-order valence-electron chi connectivity index (χ2n) is 3.18. The molecule has 0 aliphatic carbocycles. The molecule has 0 heterocycles. The Kier molecular flexibility index (Phi) is 6.24. The lowest BCUT2D eigenvalue weighted by Crippen LogP contribution is -2.11. The van der Waals surface area contributed by atoms with Gasteiger partial charge >= 0.3 is 0 Å². The van der Waals surface area contributed by atoms with Gasteiger partial charge in [0.2, 0.25) is 0 Å². The molecule has 0 radical (unpaired) electrons. The van der Waals surface area contributed by atoms with Crippen molar-refractivity contribution in [3.05, 3.63) is 29.6 Å². The Labute approximate surface area is 94.1 Å². The minimum Gasteiger partial charge on any atom is -0.508 e. The average molecular weight is 236 g/mol. The van der Waals surface area contributed by atoms with Crippen LogP contribution in [0.4, 0.5) is 4.39 Å². The van der Waals surface area contributed by atoms with Crippen LogP contribution in [0.3, 0.4) is 0 Å². The molecule has 0 bridgehead atoms. The van der Waals surface area contributed by atoms with Crippen molar-refractivity contribution < 1.29 is 14.6 Å². The van der Waals surface area contributed by atoms with Crippen LogP contribution in [0.25, 0.3) is 0 Å². The minimum absolute atomic E-state index is 0. The molecule has 1 atom stereocenters. The number of hydrogen-bond donors (Lipinski definition) is 3. The Balaban J connectivity index is 0.00000196. The van der Waals surface area contributed by atoms with Crippen LogP contribution in [0, 0.1) is 5.82 Å². The normalized spacial score (nSPS) is 11.9. The van der Waals surface area contributed by atoms with E-state index in [0.29, 0.717) is 18.4 Å². The van der Waals surface area contributed by atoms with Gasteiger partial charge in [-0.05, 0) is 31.0 Å². The van der Waals surface area contributed by atoms with E-state index in [1.807, 2.05) is 0 Å². The van der Waals surface area contributed by atoms with E-state index in [2.05, 4.69) is 0 Å². The van der Waals surface area contributed by atoms with E-state index in [9.17, 15) is 9.50 Å². The smallest absolute Gasteiger partial charge is 0.123 e. The zero-order valence-corrected chi connectivity index (χ0v) is 9.01. The highest BCUT2D eigenvalue weighted by atomic mass is 35.5. The number of aliphatic hydroxyl groups is 1. The first-order valence-electron chi connectivity index (χ1n) is 4.50. The van der Waals surface area contributed by atoms with Crippen LogP contribution in [-0.2, 0) is 0 Å². The van der Waals surface area contributed by atoms with Crippen molar-refractivity contribution in [2.24, 2.45) is 5.73 Å². The highest BCUT2D eigenvalue weighted by Gasteiger charge is 2.11. The summed E-state index contributed by atoms with van der Waals surface area (Å²) in [5.41, 5.74) is 6.10. The third-order valence-electron chi connectivity index (χ3n) is 2.06. The second-order valence-corrected chi connectivity index (χ2v) is 3.18. The van der Waals surface area contributed by atoms with Crippen molar-refractivity contribution in [3.63, 3.8) is 0 Å². The third-order valence-corrected chi connectivity index (χ3v) is 2.06. The van der Waals surface area contributed by atoms with Crippen LogP contribution < -0.4 is 5.73 Å². The van der Waals surface area contributed by atoms with Gasteiger partial charge in [-0.3, -0.25) is 0 Å². The molecule has 0 aliphatic rings. The minimum atomic E-state index is -0.433. The molecule has 0 fully saturated rings. The number of halogens is 2. The topological polar surface area (TPSA) is 66.5 Å². The van der Waals surface area contributed by atoms with Crippen molar-refractivity contribution >= 4 is 12.4 Å². The zero-order valence-electron chi connectivity index (χ0n) is 8.19. The maximum atomic E-state index is 12.8. The first-order valence-corrected chi connectivity index (χ1v) is 4.50. The predicted octanol–water partition coefficient (Wildman–Crippen LogP) is 1.73. The summed E-state index contributed by atoms with van der Waals surface area (Å²) in [5.74, 6) is -0.422. The van der Waals surface area contributed by atoms with Gasteiger partial charge in [0.1, 0.15) is 11.6 Å². The molecule has 15 heavy (non-hydrogen) atoms. The number of phenolic OH excluding ortho intramolecular Hbond substituents is 1. The number of aliphatic hydroxyl groups excluding tert-OH is 1. The molecule has 0 unspecified atom stereocenters. The number of benzene rings is 1. The van der Waals surface area contributed by atoms with E-state index in [1.54, 1.807) is 0 Å². The highest BCUT2D eigenvalue weighted by Crippen LogP contribution is 2.25. The van der Waals surface area contributed by atoms with Crippen LogP contribution in [-0.4, -0.2) is 16.8 Å². The van der Waals surface area contributed by atoms with Gasteiger partial charge in [0.15, 0.2) is 0 Å². The Morgan fingerprint density at radius 2 is 2.07 bits per heavy atom. The van der Waals surface area contributed by atoms with E-state index < -0.39 is 11.9 Å². The van der Waals surface area contributed by atoms with Crippen LogP contribution in [0.5, 0.6) is 5.75 Å². The molecule has 0 saturated carbocycles. The molecular formula is C10H15ClFNO2. The van der Waals surface area contributed by atoms with Crippen molar-refractivity contribution in [1.82, 2.24) is 0 Å². The fourth-order valence-electron chi connectivity index (χ4n) is 1.29. The number of hydrogen-bond acceptors (Lipinski definition) is 3. The van der Waals surface area contributed by atoms with Crippen LogP contribution in [0.2, 0.25) is 0 Å². The Bertz CT molecular complexity index is 309. The lowest BCUT2D eigenvalue weighted by Gasteiger charge is -2.12. The molecule has 0 aromatic heterocycles. The maximum Gasteiger partial charge on any atom is 0.123 e. The monoisotopic (exact) mass is 235 g/mol. The Morgan fingerprint density at radius 1 is 1.40 bits per heavy atom. The highest BCUT2D eigenvalue weighted by molar-refractivity contribution is 5.85. The largest absolute Gasteiger partial charge is 0.508 e. The van der Waals surface area contributed by atoms with E-state index in [4.69, 9.17) is 10.8 Å². The summed E-state index contributed by atoms with van der Waals surface area (Å²) >= 11 is 0. The van der Waals surface area contributed by atoms with Gasteiger partial charge in [-0.1, -0.05) is 0 Å². The van der Waals surface area contributed by atoms with E-state index in [-0.39, 0.29) is 24.8 Å². The molecule has 0 aliphatic heterocycles. The second kappa shape index (κ2) is 6.61. The van der Waals surface area contributed by atoms with Crippen molar-refractivity contribution in [2.75, 3.05) is 6.61 Å². The number of phenols is 1. The van der Waals surface area contributed by atoms with Crippen molar-refractivity contribution in [3.8, 4) is 5.75 Å². The molecular weight excluding hydrogens is 221 g/mol. The van der Waals surface area contributed by atoms with Gasteiger partial charge < -0.3 is 15.9 Å². The lowest BCUT2D eigenvalue weighted by molar-refractivity contribution is 0.279. The molecule has 0 amide bonds. The molecule has 1 aromatic rings. The third kappa shape index (κ3) is 4.03. The summed E-state index contributed by atoms with van der Waals surface area (Å²) in [7, 11) is 0. The zero-order chi connectivity index (χ0) is 10.6. The molecule has 0 saturated heterocycles. The van der Waals surface area contributed by atoms with Gasteiger partial charge in [-0.2, -0.15) is 0 Å². The molecule has 86 valence electrons. The molecule has 0 spiro atoms. The molecule has 1 aromatic carbocycles. The molecule has 1 rings (SSSR count). The van der Waals surface area contributed by atoms with Crippen molar-refractivity contribution in [2.45, 2.75) is 18.9 Å².